The van der Waals surface area contributed by atoms with E-state index in [0.29, 0.717) is 17.9 Å². The summed E-state index contributed by atoms with van der Waals surface area (Å²) in [5, 5.41) is 30.3. The predicted molar refractivity (Wildman–Crippen MR) is 124 cm³/mol. The third kappa shape index (κ3) is 5.52. The van der Waals surface area contributed by atoms with Crippen molar-refractivity contribution in [2.24, 2.45) is 29.1 Å². The summed E-state index contributed by atoms with van der Waals surface area (Å²) in [6, 6.07) is 0. The number of aliphatic hydroxyl groups is 3. The minimum absolute atomic E-state index is 0.0484. The second-order valence-electron chi connectivity index (χ2n) is 10.6. The van der Waals surface area contributed by atoms with Gasteiger partial charge in [0.15, 0.2) is 11.4 Å². The third-order valence-corrected chi connectivity index (χ3v) is 7.76. The van der Waals surface area contributed by atoms with Crippen LogP contribution in [0.3, 0.4) is 0 Å². The topological polar surface area (TPSA) is 104 Å². The van der Waals surface area contributed by atoms with Crippen molar-refractivity contribution in [3.05, 3.63) is 23.3 Å². The first-order chi connectivity index (χ1) is 14.9. The lowest BCUT2D eigenvalue weighted by Gasteiger charge is -2.46. The molecule has 1 saturated carbocycles. The number of aliphatic hydroxyl groups excluding tert-OH is 2. The van der Waals surface area contributed by atoms with Gasteiger partial charge in [-0.15, -0.1) is 0 Å². The summed E-state index contributed by atoms with van der Waals surface area (Å²) in [6.07, 6.45) is 6.20. The van der Waals surface area contributed by atoms with Gasteiger partial charge in [0, 0.05) is 23.5 Å². The van der Waals surface area contributed by atoms with Crippen LogP contribution in [0.1, 0.15) is 73.6 Å². The molecule has 0 spiro atoms. The minimum Gasteiger partial charge on any atom is -0.456 e. The molecular formula is C26H42O6. The average molecular weight is 451 g/mol. The van der Waals surface area contributed by atoms with Crippen LogP contribution in [0.15, 0.2) is 23.3 Å². The Morgan fingerprint density at radius 1 is 1.25 bits per heavy atom. The Morgan fingerprint density at radius 3 is 2.47 bits per heavy atom. The smallest absolute Gasteiger partial charge is 0.341 e. The van der Waals surface area contributed by atoms with Gasteiger partial charge in [-0.1, -0.05) is 54.0 Å². The summed E-state index contributed by atoms with van der Waals surface area (Å²) < 4.78 is 5.78. The van der Waals surface area contributed by atoms with Crippen molar-refractivity contribution in [2.75, 3.05) is 13.2 Å². The number of rotatable bonds is 10. The van der Waals surface area contributed by atoms with Crippen LogP contribution in [0.4, 0.5) is 0 Å². The van der Waals surface area contributed by atoms with E-state index < -0.39 is 29.7 Å². The molecule has 0 heterocycles. The summed E-state index contributed by atoms with van der Waals surface area (Å²) >= 11 is 0. The first kappa shape index (κ1) is 26.7. The number of hydrogen-bond donors (Lipinski definition) is 3. The molecule has 1 fully saturated rings. The Bertz CT molecular complexity index is 755. The number of ether oxygens (including phenoxy) is 1. The van der Waals surface area contributed by atoms with Gasteiger partial charge in [0.1, 0.15) is 6.10 Å². The molecule has 0 aromatic carbocycles. The Labute approximate surface area is 192 Å². The molecule has 2 aliphatic carbocycles. The van der Waals surface area contributed by atoms with Crippen molar-refractivity contribution in [1.29, 1.82) is 0 Å². The number of hydrogen-bond acceptors (Lipinski definition) is 6. The Kier molecular flexibility index (Phi) is 8.88. The summed E-state index contributed by atoms with van der Waals surface area (Å²) in [6.45, 7) is 11.4. The zero-order chi connectivity index (χ0) is 24.3. The molecule has 0 saturated heterocycles. The van der Waals surface area contributed by atoms with Crippen LogP contribution in [-0.2, 0) is 14.3 Å². The SMILES string of the molecule is CCC(C)CC(C)CC(O)(CO)C(=O)O[C@@H]1CC[C@H](C)[C@@]2(C)C=C([C@@H](C)CO)C(=O)C=C12. The average Bonchev–Trinajstić information content (AvgIpc) is 2.75. The summed E-state index contributed by atoms with van der Waals surface area (Å²) in [5.41, 5.74) is -1.12. The van der Waals surface area contributed by atoms with E-state index in [1.54, 1.807) is 6.08 Å². The maximum atomic E-state index is 13.0. The second-order valence-corrected chi connectivity index (χ2v) is 10.6. The molecule has 0 radical (unpaired) electrons. The fraction of sp³-hybridized carbons (Fsp3) is 0.769. The van der Waals surface area contributed by atoms with Crippen molar-refractivity contribution >= 4 is 11.8 Å². The van der Waals surface area contributed by atoms with Gasteiger partial charge in [0.25, 0.3) is 0 Å². The largest absolute Gasteiger partial charge is 0.456 e. The Morgan fingerprint density at radius 2 is 1.91 bits per heavy atom. The molecular weight excluding hydrogens is 408 g/mol. The molecule has 7 atom stereocenters. The lowest BCUT2D eigenvalue weighted by molar-refractivity contribution is -0.178. The van der Waals surface area contributed by atoms with Crippen LogP contribution >= 0.6 is 0 Å². The molecule has 0 amide bonds. The molecule has 0 aromatic heterocycles. The van der Waals surface area contributed by atoms with Crippen molar-refractivity contribution in [3.8, 4) is 0 Å². The highest BCUT2D eigenvalue weighted by molar-refractivity contribution is 6.06. The first-order valence-corrected chi connectivity index (χ1v) is 12.1. The fourth-order valence-corrected chi connectivity index (χ4v) is 5.15. The standard InChI is InChI=1S/C26H42O6/c1-7-16(2)10-17(3)12-26(31,15-28)24(30)32-23-9-8-19(5)25(6)13-20(18(4)14-27)22(29)11-21(23)25/h11,13,16-19,23,27-28,31H,7-10,12,14-15H2,1-6H3/t16?,17?,18-,19-,23+,25+,26?/m0/s1. The van der Waals surface area contributed by atoms with Gasteiger partial charge in [-0.3, -0.25) is 4.79 Å². The number of ketones is 1. The molecule has 3 N–H and O–H groups in total. The van der Waals surface area contributed by atoms with Gasteiger partial charge in [-0.2, -0.15) is 0 Å². The number of carbonyl (C=O) groups excluding carboxylic acids is 2. The predicted octanol–water partition coefficient (Wildman–Crippen LogP) is 3.58. The fourth-order valence-electron chi connectivity index (χ4n) is 5.15. The molecule has 0 aliphatic heterocycles. The number of esters is 1. The quantitative estimate of drug-likeness (QED) is 0.440. The number of fused-ring (bicyclic) bond motifs is 1. The normalized spacial score (nSPS) is 30.3. The molecule has 32 heavy (non-hydrogen) atoms. The monoisotopic (exact) mass is 450 g/mol. The maximum Gasteiger partial charge on any atom is 0.341 e. The van der Waals surface area contributed by atoms with Crippen molar-refractivity contribution in [2.45, 2.75) is 85.4 Å². The molecule has 182 valence electrons. The molecule has 0 aromatic rings. The molecule has 0 bridgehead atoms. The molecule has 6 heteroatoms. The van der Waals surface area contributed by atoms with Crippen LogP contribution in [0, 0.1) is 29.1 Å². The second kappa shape index (κ2) is 10.6. The lowest BCUT2D eigenvalue weighted by atomic mass is 9.60. The van der Waals surface area contributed by atoms with Crippen molar-refractivity contribution in [3.63, 3.8) is 0 Å². The highest BCUT2D eigenvalue weighted by Gasteiger charge is 2.48. The maximum absolute atomic E-state index is 13.0. The van der Waals surface area contributed by atoms with Crippen molar-refractivity contribution < 1.29 is 29.6 Å². The van der Waals surface area contributed by atoms with Gasteiger partial charge >= 0.3 is 5.97 Å². The van der Waals surface area contributed by atoms with Crippen LogP contribution in [-0.4, -0.2) is 52.0 Å². The van der Waals surface area contributed by atoms with E-state index in [9.17, 15) is 24.9 Å². The summed E-state index contributed by atoms with van der Waals surface area (Å²) in [7, 11) is 0. The molecule has 3 unspecified atom stereocenters. The lowest BCUT2D eigenvalue weighted by Crippen LogP contribution is -2.49. The van der Waals surface area contributed by atoms with E-state index in [2.05, 4.69) is 20.8 Å². The number of carbonyl (C=O) groups is 2. The van der Waals surface area contributed by atoms with Crippen molar-refractivity contribution in [1.82, 2.24) is 0 Å². The molecule has 6 nitrogen and oxygen atoms in total. The summed E-state index contributed by atoms with van der Waals surface area (Å²) in [5.74, 6) is -0.528. The van der Waals surface area contributed by atoms with Gasteiger partial charge < -0.3 is 20.1 Å². The highest BCUT2D eigenvalue weighted by Crippen LogP contribution is 2.50. The molecule has 2 rings (SSSR count). The van der Waals surface area contributed by atoms with E-state index in [-0.39, 0.29) is 36.6 Å². The van der Waals surface area contributed by atoms with E-state index >= 15 is 0 Å². The van der Waals surface area contributed by atoms with E-state index in [1.807, 2.05) is 26.8 Å². The Hall–Kier alpha value is -1.50. The first-order valence-electron chi connectivity index (χ1n) is 12.1. The van der Waals surface area contributed by atoms with Gasteiger partial charge in [0.05, 0.1) is 6.61 Å². The van der Waals surface area contributed by atoms with Gasteiger partial charge in [-0.05, 0) is 55.1 Å². The number of allylic oxidation sites excluding steroid dienone is 2. The minimum atomic E-state index is -1.96. The third-order valence-electron chi connectivity index (χ3n) is 7.76. The van der Waals surface area contributed by atoms with E-state index in [0.717, 1.165) is 24.8 Å². The van der Waals surface area contributed by atoms with Crippen LogP contribution in [0.2, 0.25) is 0 Å². The van der Waals surface area contributed by atoms with E-state index in [4.69, 9.17) is 4.74 Å². The summed E-state index contributed by atoms with van der Waals surface area (Å²) in [4.78, 5) is 25.8. The van der Waals surface area contributed by atoms with Gasteiger partial charge in [0.2, 0.25) is 0 Å². The van der Waals surface area contributed by atoms with Crippen LogP contribution in [0.5, 0.6) is 0 Å². The molecule has 2 aliphatic rings. The Balaban J connectivity index is 2.23. The highest BCUT2D eigenvalue weighted by atomic mass is 16.6. The van der Waals surface area contributed by atoms with Gasteiger partial charge in [-0.25, -0.2) is 4.79 Å². The zero-order valence-electron chi connectivity index (χ0n) is 20.6. The zero-order valence-corrected chi connectivity index (χ0v) is 20.6. The van der Waals surface area contributed by atoms with Crippen LogP contribution in [0.25, 0.3) is 0 Å². The van der Waals surface area contributed by atoms with Crippen LogP contribution < -0.4 is 0 Å². The van der Waals surface area contributed by atoms with E-state index in [1.165, 1.54) is 0 Å².